The lowest BCUT2D eigenvalue weighted by Crippen LogP contribution is -2.55. The predicted octanol–water partition coefficient (Wildman–Crippen LogP) is 3.34. The number of hydrogen-bond donors (Lipinski definition) is 2. The summed E-state index contributed by atoms with van der Waals surface area (Å²) in [4.78, 5) is 13.5. The highest BCUT2D eigenvalue weighted by atomic mass is 32.2. The summed E-state index contributed by atoms with van der Waals surface area (Å²) in [5, 5.41) is 1.28. The maximum absolute atomic E-state index is 13.6. The van der Waals surface area contributed by atoms with Crippen LogP contribution < -0.4 is 5.43 Å². The van der Waals surface area contributed by atoms with Crippen molar-refractivity contribution in [3.8, 4) is 0 Å². The fourth-order valence-corrected chi connectivity index (χ4v) is 7.86. The highest BCUT2D eigenvalue weighted by Crippen LogP contribution is 2.31. The van der Waals surface area contributed by atoms with Crippen LogP contribution in [0.15, 0.2) is 76.5 Å². The number of benzene rings is 3. The molecule has 11 heteroatoms. The van der Waals surface area contributed by atoms with Crippen LogP contribution in [0.1, 0.15) is 25.8 Å². The number of carbonyl (C=O) groups is 1. The molecular weight excluding hydrogens is 518 g/mol. The second-order valence-corrected chi connectivity index (χ2v) is 13.6. The predicted molar refractivity (Wildman–Crippen MR) is 143 cm³/mol. The van der Waals surface area contributed by atoms with Crippen molar-refractivity contribution in [3.63, 3.8) is 0 Å². The lowest BCUT2D eigenvalue weighted by Gasteiger charge is -2.29. The van der Waals surface area contributed by atoms with Gasteiger partial charge in [-0.25, -0.2) is 16.8 Å². The molecule has 3 aromatic rings. The smallest absolute Gasteiger partial charge is 0.260 e. The number of fused-ring (bicyclic) bond motifs is 1. The Morgan fingerprint density at radius 3 is 2.22 bits per heavy atom. The van der Waals surface area contributed by atoms with Gasteiger partial charge >= 0.3 is 0 Å². The van der Waals surface area contributed by atoms with Gasteiger partial charge in [0.05, 0.1) is 9.79 Å². The molecule has 2 atom stereocenters. The van der Waals surface area contributed by atoms with Crippen LogP contribution in [0.2, 0.25) is 0 Å². The lowest BCUT2D eigenvalue weighted by molar-refractivity contribution is -0.127. The molecule has 0 radical (unpaired) electrons. The number of aryl methyl sites for hydroxylation is 1. The summed E-state index contributed by atoms with van der Waals surface area (Å²) in [7, 11) is -8.12. The van der Waals surface area contributed by atoms with Crippen LogP contribution in [-0.2, 0) is 24.8 Å². The first kappa shape index (κ1) is 26.6. The molecule has 1 saturated heterocycles. The number of nitrogens with zero attached hydrogens (tertiary/aromatic N) is 2. The van der Waals surface area contributed by atoms with Gasteiger partial charge in [-0.3, -0.25) is 10.2 Å². The van der Waals surface area contributed by atoms with E-state index >= 15 is 0 Å². The fourth-order valence-electron chi connectivity index (χ4n) is 4.23. The van der Waals surface area contributed by atoms with Crippen LogP contribution in [0.4, 0.5) is 0 Å². The summed E-state index contributed by atoms with van der Waals surface area (Å²) >= 11 is 4.45. The van der Waals surface area contributed by atoms with Crippen LogP contribution in [0.25, 0.3) is 10.8 Å². The molecular formula is C25H29N3O5S3. The van der Waals surface area contributed by atoms with E-state index < -0.39 is 38.0 Å². The van der Waals surface area contributed by atoms with E-state index in [4.69, 9.17) is 0 Å². The maximum atomic E-state index is 13.6. The van der Waals surface area contributed by atoms with Crippen molar-refractivity contribution < 1.29 is 21.6 Å². The van der Waals surface area contributed by atoms with Crippen molar-refractivity contribution in [2.75, 3.05) is 6.54 Å². The van der Waals surface area contributed by atoms with Gasteiger partial charge in [0.15, 0.2) is 0 Å². The van der Waals surface area contributed by atoms with Gasteiger partial charge < -0.3 is 0 Å². The minimum Gasteiger partial charge on any atom is -0.273 e. The molecule has 0 saturated carbocycles. The van der Waals surface area contributed by atoms with Crippen molar-refractivity contribution in [1.29, 1.82) is 0 Å². The third-order valence-electron chi connectivity index (χ3n) is 6.13. The molecule has 8 nitrogen and oxygen atoms in total. The van der Waals surface area contributed by atoms with E-state index in [1.807, 2.05) is 31.2 Å². The highest BCUT2D eigenvalue weighted by Gasteiger charge is 2.44. The number of rotatable bonds is 7. The summed E-state index contributed by atoms with van der Waals surface area (Å²) < 4.78 is 55.7. The summed E-state index contributed by atoms with van der Waals surface area (Å²) in [5.74, 6) is -0.722. The molecule has 1 fully saturated rings. The highest BCUT2D eigenvalue weighted by molar-refractivity contribution is 7.89. The van der Waals surface area contributed by atoms with Crippen molar-refractivity contribution in [2.45, 2.75) is 54.3 Å². The Hall–Kier alpha value is -2.44. The van der Waals surface area contributed by atoms with Crippen LogP contribution in [-0.4, -0.2) is 55.3 Å². The zero-order valence-electron chi connectivity index (χ0n) is 20.2. The Morgan fingerprint density at radius 2 is 1.58 bits per heavy atom. The van der Waals surface area contributed by atoms with Gasteiger partial charge in [-0.2, -0.15) is 16.9 Å². The number of hydrazine groups is 1. The van der Waals surface area contributed by atoms with E-state index in [1.165, 1.54) is 18.2 Å². The second kappa shape index (κ2) is 10.1. The van der Waals surface area contributed by atoms with Gasteiger partial charge in [-0.1, -0.05) is 48.0 Å². The number of nitrogens with one attached hydrogen (secondary N) is 1. The van der Waals surface area contributed by atoms with Gasteiger partial charge in [0.2, 0.25) is 10.0 Å². The number of carbonyl (C=O) groups excluding carboxylic acids is 1. The topological polar surface area (TPSA) is 104 Å². The molecule has 1 aliphatic heterocycles. The Labute approximate surface area is 217 Å². The first-order valence-corrected chi connectivity index (χ1v) is 14.9. The van der Waals surface area contributed by atoms with Crippen LogP contribution >= 0.6 is 12.6 Å². The molecule has 0 aliphatic carbocycles. The van der Waals surface area contributed by atoms with E-state index in [0.29, 0.717) is 0 Å². The first-order chi connectivity index (χ1) is 16.9. The Kier molecular flexibility index (Phi) is 7.50. The van der Waals surface area contributed by atoms with Crippen molar-refractivity contribution >= 4 is 49.4 Å². The van der Waals surface area contributed by atoms with E-state index in [0.717, 1.165) is 25.1 Å². The SMILES string of the molecule is Cc1ccc(S(=O)(=O)N(NC(=O)[C@@H]2C[C@@H](S)CN2S(=O)(=O)c2ccc3ccccc3c2)C(C)C)cc1. The van der Waals surface area contributed by atoms with Crippen LogP contribution in [0.3, 0.4) is 0 Å². The summed E-state index contributed by atoms with van der Waals surface area (Å²) in [6.07, 6.45) is 0.151. The van der Waals surface area contributed by atoms with E-state index in [-0.39, 0.29) is 28.0 Å². The maximum Gasteiger partial charge on any atom is 0.260 e. The number of hydrogen-bond acceptors (Lipinski definition) is 6. The average molecular weight is 548 g/mol. The van der Waals surface area contributed by atoms with Crippen molar-refractivity contribution in [3.05, 3.63) is 72.3 Å². The number of sulfonamides is 2. The third kappa shape index (κ3) is 5.16. The van der Waals surface area contributed by atoms with Gasteiger partial charge in [-0.15, -0.1) is 4.41 Å². The van der Waals surface area contributed by atoms with Crippen molar-refractivity contribution in [1.82, 2.24) is 14.1 Å². The molecule has 192 valence electrons. The third-order valence-corrected chi connectivity index (χ3v) is 10.3. The van der Waals surface area contributed by atoms with Gasteiger partial charge in [0.1, 0.15) is 6.04 Å². The quantitative estimate of drug-likeness (QED) is 0.349. The number of thiol groups is 1. The Balaban J connectivity index is 1.63. The molecule has 3 aromatic carbocycles. The summed E-state index contributed by atoms with van der Waals surface area (Å²) in [5.41, 5.74) is 3.38. The minimum absolute atomic E-state index is 0.0289. The largest absolute Gasteiger partial charge is 0.273 e. The average Bonchev–Trinajstić information content (AvgIpc) is 3.24. The van der Waals surface area contributed by atoms with E-state index in [1.54, 1.807) is 38.1 Å². The van der Waals surface area contributed by atoms with E-state index in [9.17, 15) is 21.6 Å². The van der Waals surface area contributed by atoms with Crippen LogP contribution in [0, 0.1) is 6.92 Å². The van der Waals surface area contributed by atoms with Gasteiger partial charge in [-0.05, 0) is 62.2 Å². The standard InChI is InChI=1S/C25H29N3O5S3/c1-17(2)28(36(32,33)22-11-8-18(3)9-12-22)26-25(29)24-15-21(34)16-27(24)35(30,31)23-13-10-19-6-4-5-7-20(19)14-23/h4-14,17,21,24,34H,15-16H2,1-3H3,(H,26,29)/t21-,24+/m1/s1. The van der Waals surface area contributed by atoms with Gasteiger partial charge in [0.25, 0.3) is 15.9 Å². The molecule has 1 heterocycles. The molecule has 0 spiro atoms. The molecule has 36 heavy (non-hydrogen) atoms. The molecule has 0 unspecified atom stereocenters. The molecule has 1 aliphatic rings. The molecule has 1 amide bonds. The molecule has 1 N–H and O–H groups in total. The Morgan fingerprint density at radius 1 is 0.972 bits per heavy atom. The normalized spacial score (nSPS) is 19.3. The fraction of sp³-hybridized carbons (Fsp3) is 0.320. The van der Waals surface area contributed by atoms with Gasteiger partial charge in [0, 0.05) is 17.8 Å². The summed E-state index contributed by atoms with van der Waals surface area (Å²) in [6, 6.07) is 16.8. The number of amides is 1. The molecule has 0 bridgehead atoms. The second-order valence-electron chi connectivity index (χ2n) is 9.17. The van der Waals surface area contributed by atoms with Crippen LogP contribution in [0.5, 0.6) is 0 Å². The molecule has 4 rings (SSSR count). The lowest BCUT2D eigenvalue weighted by atomic mass is 10.1. The zero-order chi connectivity index (χ0) is 26.3. The minimum atomic E-state index is -4.07. The van der Waals surface area contributed by atoms with E-state index in [2.05, 4.69) is 18.1 Å². The zero-order valence-corrected chi connectivity index (χ0v) is 22.7. The Bertz CT molecular complexity index is 1490. The monoisotopic (exact) mass is 547 g/mol. The summed E-state index contributed by atoms with van der Waals surface area (Å²) in [6.45, 7) is 5.14. The first-order valence-electron chi connectivity index (χ1n) is 11.5. The van der Waals surface area contributed by atoms with Crippen molar-refractivity contribution in [2.24, 2.45) is 0 Å². The molecule has 0 aromatic heterocycles.